The Kier molecular flexibility index (Phi) is 12.4. The van der Waals surface area contributed by atoms with Crippen LogP contribution in [0.5, 0.6) is 0 Å². The van der Waals surface area contributed by atoms with E-state index < -0.39 is 8.60 Å². The quantitative estimate of drug-likeness (QED) is 0.467. The van der Waals surface area contributed by atoms with Gasteiger partial charge < -0.3 is 13.9 Å². The Balaban J connectivity index is 0. The SMILES string of the molecule is CCOP(O)OCC.[LiH]. The molecule has 0 aliphatic rings. The van der Waals surface area contributed by atoms with Gasteiger partial charge >= 0.3 is 27.5 Å². The first-order valence-corrected chi connectivity index (χ1v) is 3.69. The molecule has 3 nitrogen and oxygen atoms in total. The molecule has 0 fully saturated rings. The second-order valence-electron chi connectivity index (χ2n) is 1.07. The van der Waals surface area contributed by atoms with Crippen molar-refractivity contribution in [2.24, 2.45) is 0 Å². The summed E-state index contributed by atoms with van der Waals surface area (Å²) in [6.45, 7) is 4.62. The second-order valence-corrected chi connectivity index (χ2v) is 2.07. The van der Waals surface area contributed by atoms with Crippen molar-refractivity contribution in [3.8, 4) is 0 Å². The molecule has 0 bridgehead atoms. The summed E-state index contributed by atoms with van der Waals surface area (Å²) < 4.78 is 9.36. The van der Waals surface area contributed by atoms with Gasteiger partial charge in [-0.25, -0.2) is 0 Å². The molecular formula is C4H12LiO3P. The van der Waals surface area contributed by atoms with E-state index in [1.165, 1.54) is 0 Å². The van der Waals surface area contributed by atoms with Crippen LogP contribution < -0.4 is 0 Å². The molecule has 0 atom stereocenters. The van der Waals surface area contributed by atoms with Crippen molar-refractivity contribution in [3.05, 3.63) is 0 Å². The number of hydrogen-bond acceptors (Lipinski definition) is 3. The molecular weight excluding hydrogens is 134 g/mol. The summed E-state index contributed by atoms with van der Waals surface area (Å²) in [5.41, 5.74) is 0. The summed E-state index contributed by atoms with van der Waals surface area (Å²) in [4.78, 5) is 8.67. The molecule has 0 unspecified atom stereocenters. The van der Waals surface area contributed by atoms with Crippen LogP contribution >= 0.6 is 8.60 Å². The first-order valence-electron chi connectivity index (χ1n) is 2.56. The van der Waals surface area contributed by atoms with E-state index in [0.29, 0.717) is 13.2 Å². The molecule has 0 radical (unpaired) electrons. The van der Waals surface area contributed by atoms with Gasteiger partial charge in [0.2, 0.25) is 0 Å². The summed E-state index contributed by atoms with van der Waals surface area (Å²) >= 11 is 0. The van der Waals surface area contributed by atoms with Crippen LogP contribution in [0.4, 0.5) is 0 Å². The van der Waals surface area contributed by atoms with Crippen LogP contribution in [0.3, 0.4) is 0 Å². The Labute approximate surface area is 68.9 Å². The predicted molar refractivity (Wildman–Crippen MR) is 39.5 cm³/mol. The van der Waals surface area contributed by atoms with Gasteiger partial charge in [-0.05, 0) is 13.8 Å². The molecule has 0 heterocycles. The fourth-order valence-corrected chi connectivity index (χ4v) is 0.774. The third-order valence-electron chi connectivity index (χ3n) is 0.479. The molecule has 0 aliphatic carbocycles. The van der Waals surface area contributed by atoms with Crippen LogP contribution in [0.25, 0.3) is 0 Å². The molecule has 0 aromatic carbocycles. The van der Waals surface area contributed by atoms with Gasteiger partial charge in [0.25, 0.3) is 0 Å². The van der Waals surface area contributed by atoms with E-state index in [1.54, 1.807) is 0 Å². The van der Waals surface area contributed by atoms with Crippen LogP contribution in [-0.4, -0.2) is 37.0 Å². The molecule has 0 aromatic rings. The number of rotatable bonds is 4. The molecule has 0 rings (SSSR count). The Bertz CT molecular complexity index is 49.1. The van der Waals surface area contributed by atoms with Gasteiger partial charge in [0.1, 0.15) is 0 Å². The van der Waals surface area contributed by atoms with Crippen molar-refractivity contribution in [3.63, 3.8) is 0 Å². The van der Waals surface area contributed by atoms with Gasteiger partial charge in [0.15, 0.2) is 0 Å². The zero-order chi connectivity index (χ0) is 6.41. The van der Waals surface area contributed by atoms with Crippen LogP contribution in [-0.2, 0) is 9.05 Å². The average Bonchev–Trinajstić information content (AvgIpc) is 1.68. The molecule has 0 saturated carbocycles. The summed E-state index contributed by atoms with van der Waals surface area (Å²) in [7, 11) is -1.58. The summed E-state index contributed by atoms with van der Waals surface area (Å²) in [5, 5.41) is 0. The first-order chi connectivity index (χ1) is 3.81. The Morgan fingerprint density at radius 1 is 1.22 bits per heavy atom. The topological polar surface area (TPSA) is 38.7 Å². The van der Waals surface area contributed by atoms with Crippen molar-refractivity contribution in [1.29, 1.82) is 0 Å². The third kappa shape index (κ3) is 8.91. The average molecular weight is 146 g/mol. The van der Waals surface area contributed by atoms with Crippen LogP contribution in [0.1, 0.15) is 13.8 Å². The van der Waals surface area contributed by atoms with Gasteiger partial charge in [-0.1, -0.05) is 0 Å². The fourth-order valence-electron chi connectivity index (χ4n) is 0.258. The fraction of sp³-hybridized carbons (Fsp3) is 1.00. The van der Waals surface area contributed by atoms with Crippen LogP contribution in [0.2, 0.25) is 0 Å². The van der Waals surface area contributed by atoms with E-state index in [4.69, 9.17) is 4.89 Å². The maximum absolute atomic E-state index is 8.67. The first kappa shape index (κ1) is 12.6. The van der Waals surface area contributed by atoms with Gasteiger partial charge in [0.05, 0.1) is 13.2 Å². The Hall–Kier alpha value is 0.907. The van der Waals surface area contributed by atoms with Crippen LogP contribution in [0.15, 0.2) is 0 Å². The van der Waals surface area contributed by atoms with Crippen molar-refractivity contribution in [1.82, 2.24) is 0 Å². The molecule has 0 saturated heterocycles. The molecule has 52 valence electrons. The molecule has 1 N–H and O–H groups in total. The van der Waals surface area contributed by atoms with Gasteiger partial charge in [-0.15, -0.1) is 0 Å². The maximum atomic E-state index is 8.67. The van der Waals surface area contributed by atoms with Gasteiger partial charge in [-0.2, -0.15) is 0 Å². The molecule has 5 heteroatoms. The predicted octanol–water partition coefficient (Wildman–Crippen LogP) is 0.630. The Morgan fingerprint density at radius 3 is 1.78 bits per heavy atom. The standard InChI is InChI=1S/C4H11O3P.Li.H/c1-3-6-8(5)7-4-2;;/h5H,3-4H2,1-2H3;;. The zero-order valence-electron chi connectivity index (χ0n) is 5.13. The Morgan fingerprint density at radius 2 is 1.56 bits per heavy atom. The van der Waals surface area contributed by atoms with Crippen molar-refractivity contribution < 1.29 is 13.9 Å². The third-order valence-corrected chi connectivity index (χ3v) is 1.44. The van der Waals surface area contributed by atoms with Gasteiger partial charge in [-0.3, -0.25) is 0 Å². The van der Waals surface area contributed by atoms with E-state index in [9.17, 15) is 0 Å². The van der Waals surface area contributed by atoms with Crippen molar-refractivity contribution in [2.75, 3.05) is 13.2 Å². The van der Waals surface area contributed by atoms with E-state index in [1.807, 2.05) is 13.8 Å². The van der Waals surface area contributed by atoms with Crippen molar-refractivity contribution in [2.45, 2.75) is 13.8 Å². The van der Waals surface area contributed by atoms with Gasteiger partial charge in [0, 0.05) is 0 Å². The second kappa shape index (κ2) is 8.91. The molecule has 0 spiro atoms. The molecule has 0 aromatic heterocycles. The minimum absolute atomic E-state index is 0. The molecule has 0 amide bonds. The monoisotopic (exact) mass is 146 g/mol. The van der Waals surface area contributed by atoms with E-state index in [-0.39, 0.29) is 18.9 Å². The van der Waals surface area contributed by atoms with Crippen molar-refractivity contribution >= 4 is 27.5 Å². The molecule has 0 aliphatic heterocycles. The van der Waals surface area contributed by atoms with E-state index >= 15 is 0 Å². The normalized spacial score (nSPS) is 9.33. The minimum atomic E-state index is -1.58. The summed E-state index contributed by atoms with van der Waals surface area (Å²) in [6.07, 6.45) is 0. The molecule has 9 heavy (non-hydrogen) atoms. The van der Waals surface area contributed by atoms with E-state index in [2.05, 4.69) is 9.05 Å². The van der Waals surface area contributed by atoms with E-state index in [0.717, 1.165) is 0 Å². The number of hydrogen-bond donors (Lipinski definition) is 1. The zero-order valence-corrected chi connectivity index (χ0v) is 6.02. The summed E-state index contributed by atoms with van der Waals surface area (Å²) in [6, 6.07) is 0. The van der Waals surface area contributed by atoms with Crippen LogP contribution in [0, 0.1) is 0 Å². The summed E-state index contributed by atoms with van der Waals surface area (Å²) in [5.74, 6) is 0.